The molecule has 144 valence electrons. The summed E-state index contributed by atoms with van der Waals surface area (Å²) in [4.78, 5) is 27.4. The number of aryl methyl sites for hydroxylation is 1. The Balaban J connectivity index is 1.62. The number of hydrogen-bond acceptors (Lipinski definition) is 4. The third-order valence-corrected chi connectivity index (χ3v) is 5.65. The van der Waals surface area contributed by atoms with Crippen LogP contribution >= 0.6 is 0 Å². The van der Waals surface area contributed by atoms with Gasteiger partial charge in [0.1, 0.15) is 16.9 Å². The molecule has 4 rings (SSSR count). The van der Waals surface area contributed by atoms with E-state index in [2.05, 4.69) is 12.1 Å². The van der Waals surface area contributed by atoms with Crippen molar-refractivity contribution in [2.75, 3.05) is 13.1 Å². The van der Waals surface area contributed by atoms with Gasteiger partial charge in [-0.15, -0.1) is 0 Å². The van der Waals surface area contributed by atoms with Gasteiger partial charge in [0, 0.05) is 18.5 Å². The molecule has 3 aromatic rings. The number of carbonyl (C=O) groups excluding carboxylic acids is 1. The Morgan fingerprint density at radius 2 is 1.89 bits per heavy atom. The zero-order valence-corrected chi connectivity index (χ0v) is 15.9. The van der Waals surface area contributed by atoms with E-state index in [1.54, 1.807) is 17.9 Å². The Morgan fingerprint density at radius 3 is 2.68 bits per heavy atom. The van der Waals surface area contributed by atoms with Gasteiger partial charge in [0.2, 0.25) is 0 Å². The van der Waals surface area contributed by atoms with E-state index in [-0.39, 0.29) is 17.2 Å². The zero-order valence-electron chi connectivity index (χ0n) is 15.9. The molecule has 1 aromatic heterocycles. The Kier molecular flexibility index (Phi) is 4.90. The third kappa shape index (κ3) is 3.40. The van der Waals surface area contributed by atoms with Gasteiger partial charge in [-0.2, -0.15) is 0 Å². The van der Waals surface area contributed by atoms with E-state index in [1.165, 1.54) is 17.7 Å². The first-order valence-corrected chi connectivity index (χ1v) is 9.65. The average molecular weight is 377 g/mol. The molecule has 1 aliphatic rings. The van der Waals surface area contributed by atoms with Gasteiger partial charge in [0.15, 0.2) is 0 Å². The van der Waals surface area contributed by atoms with E-state index in [4.69, 9.17) is 4.42 Å². The van der Waals surface area contributed by atoms with Crippen LogP contribution in [0.4, 0.5) is 0 Å². The Morgan fingerprint density at radius 1 is 1.11 bits per heavy atom. The van der Waals surface area contributed by atoms with E-state index in [0.29, 0.717) is 35.5 Å². The van der Waals surface area contributed by atoms with Crippen LogP contribution in [0, 0.1) is 6.92 Å². The molecule has 28 heavy (non-hydrogen) atoms. The first kappa shape index (κ1) is 18.3. The lowest BCUT2D eigenvalue weighted by Gasteiger charge is -2.21. The van der Waals surface area contributed by atoms with E-state index in [0.717, 1.165) is 19.3 Å². The van der Waals surface area contributed by atoms with Gasteiger partial charge in [0.05, 0.1) is 0 Å². The van der Waals surface area contributed by atoms with Crippen LogP contribution < -0.4 is 5.63 Å². The van der Waals surface area contributed by atoms with Gasteiger partial charge in [-0.3, -0.25) is 4.79 Å². The van der Waals surface area contributed by atoms with Crippen LogP contribution in [0.25, 0.3) is 11.0 Å². The van der Waals surface area contributed by atoms with Gasteiger partial charge in [0.25, 0.3) is 5.91 Å². The van der Waals surface area contributed by atoms with E-state index in [1.807, 2.05) is 18.2 Å². The number of phenolic OH excluding ortho intramolecular Hbond substituents is 1. The van der Waals surface area contributed by atoms with E-state index in [9.17, 15) is 14.7 Å². The van der Waals surface area contributed by atoms with Gasteiger partial charge in [-0.25, -0.2) is 4.79 Å². The van der Waals surface area contributed by atoms with Crippen LogP contribution in [0.5, 0.6) is 5.75 Å². The Labute approximate surface area is 163 Å². The molecule has 0 aliphatic carbocycles. The van der Waals surface area contributed by atoms with Crippen molar-refractivity contribution in [3.8, 4) is 5.75 Å². The smallest absolute Gasteiger partial charge is 0.349 e. The summed E-state index contributed by atoms with van der Waals surface area (Å²) in [5.74, 6) is 0.207. The largest absolute Gasteiger partial charge is 0.508 e. The monoisotopic (exact) mass is 377 g/mol. The molecule has 2 heterocycles. The van der Waals surface area contributed by atoms with Crippen LogP contribution in [0.1, 0.15) is 46.7 Å². The molecule has 0 radical (unpaired) electrons. The number of phenols is 1. The maximum atomic E-state index is 13.2. The Bertz CT molecular complexity index is 1070. The van der Waals surface area contributed by atoms with Crippen LogP contribution in [0.3, 0.4) is 0 Å². The van der Waals surface area contributed by atoms with Gasteiger partial charge in [-0.1, -0.05) is 30.3 Å². The third-order valence-electron chi connectivity index (χ3n) is 5.65. The summed E-state index contributed by atoms with van der Waals surface area (Å²) < 4.78 is 5.35. The molecular formula is C23H23NO4. The zero-order chi connectivity index (χ0) is 19.7. The van der Waals surface area contributed by atoms with Crippen molar-refractivity contribution in [2.24, 2.45) is 0 Å². The van der Waals surface area contributed by atoms with Gasteiger partial charge >= 0.3 is 5.63 Å². The standard InChI is InChI=1S/C23H23NO4/c1-15-19-14-18(25)9-10-20(19)28-23(27)21(15)22(26)24-12-5-8-17(11-13-24)16-6-3-2-4-7-16/h2-4,6-7,9-10,14,17,25H,5,8,11-13H2,1H3. The van der Waals surface area contributed by atoms with Crippen molar-refractivity contribution >= 4 is 16.9 Å². The predicted octanol–water partition coefficient (Wildman–Crippen LogP) is 4.22. The van der Waals surface area contributed by atoms with Crippen molar-refractivity contribution in [1.82, 2.24) is 4.90 Å². The van der Waals surface area contributed by atoms with Gasteiger partial charge < -0.3 is 14.4 Å². The highest BCUT2D eigenvalue weighted by Gasteiger charge is 2.27. The summed E-state index contributed by atoms with van der Waals surface area (Å²) in [6, 6.07) is 14.9. The predicted molar refractivity (Wildman–Crippen MR) is 108 cm³/mol. The van der Waals surface area contributed by atoms with Crippen molar-refractivity contribution in [2.45, 2.75) is 32.1 Å². The van der Waals surface area contributed by atoms with Crippen molar-refractivity contribution in [1.29, 1.82) is 0 Å². The SMILES string of the molecule is Cc1c(C(=O)N2CCCC(c3ccccc3)CC2)c(=O)oc2ccc(O)cc12. The van der Waals surface area contributed by atoms with Crippen LogP contribution in [0.15, 0.2) is 57.7 Å². The normalized spacial score (nSPS) is 17.5. The lowest BCUT2D eigenvalue weighted by atomic mass is 9.92. The second-order valence-corrected chi connectivity index (χ2v) is 7.40. The molecule has 0 spiro atoms. The maximum absolute atomic E-state index is 13.2. The molecule has 2 aromatic carbocycles. The molecule has 0 saturated carbocycles. The number of aromatic hydroxyl groups is 1. The number of nitrogens with zero attached hydrogens (tertiary/aromatic N) is 1. The van der Waals surface area contributed by atoms with Crippen LogP contribution in [-0.2, 0) is 0 Å². The number of benzene rings is 2. The summed E-state index contributed by atoms with van der Waals surface area (Å²) in [5, 5.41) is 10.3. The summed E-state index contributed by atoms with van der Waals surface area (Å²) in [5.41, 5.74) is 1.67. The molecule has 1 N–H and O–H groups in total. The molecule has 1 fully saturated rings. The quantitative estimate of drug-likeness (QED) is 0.679. The van der Waals surface area contributed by atoms with Crippen LogP contribution in [0.2, 0.25) is 0 Å². The fourth-order valence-electron chi connectivity index (χ4n) is 4.10. The van der Waals surface area contributed by atoms with E-state index < -0.39 is 5.63 Å². The lowest BCUT2D eigenvalue weighted by molar-refractivity contribution is 0.0756. The number of carbonyl (C=O) groups is 1. The first-order valence-electron chi connectivity index (χ1n) is 9.65. The van der Waals surface area contributed by atoms with E-state index >= 15 is 0 Å². The van der Waals surface area contributed by atoms with Crippen molar-refractivity contribution in [3.05, 3.63) is 75.6 Å². The fraction of sp³-hybridized carbons (Fsp3) is 0.304. The average Bonchev–Trinajstić information content (AvgIpc) is 2.95. The number of amides is 1. The summed E-state index contributed by atoms with van der Waals surface area (Å²) in [6.07, 6.45) is 2.78. The number of hydrogen-bond donors (Lipinski definition) is 1. The number of fused-ring (bicyclic) bond motifs is 1. The minimum atomic E-state index is -0.621. The molecular weight excluding hydrogens is 354 g/mol. The lowest BCUT2D eigenvalue weighted by Crippen LogP contribution is -2.35. The first-order chi connectivity index (χ1) is 13.5. The minimum absolute atomic E-state index is 0.0660. The summed E-state index contributed by atoms with van der Waals surface area (Å²) in [7, 11) is 0. The topological polar surface area (TPSA) is 70.8 Å². The summed E-state index contributed by atoms with van der Waals surface area (Å²) in [6.45, 7) is 2.96. The molecule has 5 heteroatoms. The highest BCUT2D eigenvalue weighted by Crippen LogP contribution is 2.29. The molecule has 1 saturated heterocycles. The molecule has 1 atom stereocenters. The molecule has 1 amide bonds. The second kappa shape index (κ2) is 7.50. The van der Waals surface area contributed by atoms with Gasteiger partial charge in [-0.05, 0) is 61.4 Å². The molecule has 5 nitrogen and oxygen atoms in total. The molecule has 1 unspecified atom stereocenters. The van der Waals surface area contributed by atoms with Crippen molar-refractivity contribution < 1.29 is 14.3 Å². The summed E-state index contributed by atoms with van der Waals surface area (Å²) >= 11 is 0. The highest BCUT2D eigenvalue weighted by atomic mass is 16.4. The molecule has 0 bridgehead atoms. The maximum Gasteiger partial charge on any atom is 0.349 e. The second-order valence-electron chi connectivity index (χ2n) is 7.40. The number of likely N-dealkylation sites (tertiary alicyclic amines) is 1. The van der Waals surface area contributed by atoms with Crippen molar-refractivity contribution in [3.63, 3.8) is 0 Å². The fourth-order valence-corrected chi connectivity index (χ4v) is 4.10. The number of rotatable bonds is 2. The minimum Gasteiger partial charge on any atom is -0.508 e. The molecule has 1 aliphatic heterocycles. The van der Waals surface area contributed by atoms with Crippen LogP contribution in [-0.4, -0.2) is 29.0 Å². The highest BCUT2D eigenvalue weighted by molar-refractivity contribution is 5.99. The Hall–Kier alpha value is -3.08.